The van der Waals surface area contributed by atoms with Crippen molar-refractivity contribution in [2.45, 2.75) is 13.3 Å². The number of hydrogen-bond acceptors (Lipinski definition) is 4. The van der Waals surface area contributed by atoms with Crippen molar-refractivity contribution in [3.05, 3.63) is 36.1 Å². The van der Waals surface area contributed by atoms with Gasteiger partial charge in [0, 0.05) is 12.1 Å². The number of rotatable bonds is 2. The lowest BCUT2D eigenvalue weighted by molar-refractivity contribution is 0.501. The maximum atomic E-state index is 5.69. The zero-order valence-corrected chi connectivity index (χ0v) is 9.43. The molecule has 0 aliphatic heterocycles. The Morgan fingerprint density at radius 1 is 1.18 bits per heavy atom. The molecule has 0 amide bonds. The number of furan rings is 1. The lowest BCUT2D eigenvalue weighted by Gasteiger charge is -1.88. The van der Waals surface area contributed by atoms with Gasteiger partial charge in [-0.05, 0) is 30.3 Å². The lowest BCUT2D eigenvalue weighted by atomic mass is 10.3. The number of aromatic nitrogens is 1. The van der Waals surface area contributed by atoms with E-state index in [-0.39, 0.29) is 0 Å². The number of oxazole rings is 1. The maximum Gasteiger partial charge on any atom is 0.263 e. The monoisotopic (exact) mass is 228 g/mol. The largest absolute Gasteiger partial charge is 0.456 e. The number of nitrogen functional groups attached to an aromatic ring is 1. The van der Waals surface area contributed by atoms with E-state index < -0.39 is 0 Å². The molecule has 0 spiro atoms. The molecule has 0 radical (unpaired) electrons. The van der Waals surface area contributed by atoms with Gasteiger partial charge in [-0.2, -0.15) is 0 Å². The molecule has 2 heterocycles. The van der Waals surface area contributed by atoms with E-state index in [0.29, 0.717) is 22.9 Å². The second-order valence-corrected chi connectivity index (χ2v) is 3.87. The van der Waals surface area contributed by atoms with Crippen molar-refractivity contribution in [3.8, 4) is 11.7 Å². The Labute approximate surface area is 98.0 Å². The molecular weight excluding hydrogens is 216 g/mol. The molecule has 86 valence electrons. The van der Waals surface area contributed by atoms with E-state index in [9.17, 15) is 0 Å². The Balaban J connectivity index is 2.11. The molecule has 0 saturated carbocycles. The van der Waals surface area contributed by atoms with Crippen molar-refractivity contribution in [2.24, 2.45) is 0 Å². The molecule has 3 rings (SSSR count). The lowest BCUT2D eigenvalue weighted by Crippen LogP contribution is -1.82. The van der Waals surface area contributed by atoms with Gasteiger partial charge in [-0.1, -0.05) is 6.92 Å². The quantitative estimate of drug-likeness (QED) is 0.684. The highest BCUT2D eigenvalue weighted by atomic mass is 16.4. The van der Waals surface area contributed by atoms with Gasteiger partial charge in [-0.15, -0.1) is 0 Å². The van der Waals surface area contributed by atoms with Gasteiger partial charge < -0.3 is 14.6 Å². The molecule has 1 aromatic carbocycles. The van der Waals surface area contributed by atoms with Crippen LogP contribution in [0, 0.1) is 0 Å². The number of hydrogen-bond donors (Lipinski definition) is 1. The molecular formula is C13H12N2O2. The van der Waals surface area contributed by atoms with Crippen LogP contribution in [0.25, 0.3) is 22.8 Å². The van der Waals surface area contributed by atoms with Crippen molar-refractivity contribution in [1.82, 2.24) is 4.98 Å². The first-order valence-electron chi connectivity index (χ1n) is 5.51. The summed E-state index contributed by atoms with van der Waals surface area (Å²) in [4.78, 5) is 4.35. The standard InChI is InChI=1S/C13H12N2O2/c1-2-9-4-6-12(16-9)13-15-10-7-8(14)3-5-11(10)17-13/h3-7H,2,14H2,1H3. The van der Waals surface area contributed by atoms with Crippen LogP contribution in [-0.2, 0) is 6.42 Å². The maximum absolute atomic E-state index is 5.69. The van der Waals surface area contributed by atoms with E-state index in [4.69, 9.17) is 14.6 Å². The van der Waals surface area contributed by atoms with E-state index >= 15 is 0 Å². The number of fused-ring (bicyclic) bond motifs is 1. The van der Waals surface area contributed by atoms with Crippen molar-refractivity contribution in [2.75, 3.05) is 5.73 Å². The molecule has 0 aliphatic carbocycles. The minimum absolute atomic E-state index is 0.491. The summed E-state index contributed by atoms with van der Waals surface area (Å²) in [6.07, 6.45) is 0.854. The minimum atomic E-state index is 0.491. The van der Waals surface area contributed by atoms with Crippen LogP contribution in [0.15, 0.2) is 39.2 Å². The van der Waals surface area contributed by atoms with E-state index in [1.54, 1.807) is 12.1 Å². The highest BCUT2D eigenvalue weighted by Crippen LogP contribution is 2.26. The first kappa shape index (κ1) is 9.96. The number of nitrogens with zero attached hydrogens (tertiary/aromatic N) is 1. The van der Waals surface area contributed by atoms with Crippen LogP contribution in [0.5, 0.6) is 0 Å². The molecule has 2 N–H and O–H groups in total. The predicted molar refractivity (Wildman–Crippen MR) is 65.5 cm³/mol. The van der Waals surface area contributed by atoms with Gasteiger partial charge in [0.05, 0.1) is 0 Å². The van der Waals surface area contributed by atoms with Crippen molar-refractivity contribution >= 4 is 16.8 Å². The number of nitrogens with two attached hydrogens (primary N) is 1. The molecule has 4 nitrogen and oxygen atoms in total. The van der Waals surface area contributed by atoms with Gasteiger partial charge in [0.25, 0.3) is 5.89 Å². The fourth-order valence-corrected chi connectivity index (χ4v) is 1.73. The molecule has 4 heteroatoms. The van der Waals surface area contributed by atoms with E-state index in [0.717, 1.165) is 17.7 Å². The third kappa shape index (κ3) is 1.67. The number of aryl methyl sites for hydroxylation is 1. The van der Waals surface area contributed by atoms with Gasteiger partial charge in [-0.3, -0.25) is 0 Å². The molecule has 17 heavy (non-hydrogen) atoms. The molecule has 2 aromatic heterocycles. The van der Waals surface area contributed by atoms with Gasteiger partial charge in [0.1, 0.15) is 11.3 Å². The zero-order valence-electron chi connectivity index (χ0n) is 9.43. The summed E-state index contributed by atoms with van der Waals surface area (Å²) in [6, 6.07) is 9.18. The van der Waals surface area contributed by atoms with Crippen LogP contribution in [0.2, 0.25) is 0 Å². The van der Waals surface area contributed by atoms with Crippen molar-refractivity contribution in [3.63, 3.8) is 0 Å². The Hall–Kier alpha value is -2.23. The van der Waals surface area contributed by atoms with Crippen LogP contribution in [0.3, 0.4) is 0 Å². The number of anilines is 1. The molecule has 3 aromatic rings. The van der Waals surface area contributed by atoms with Crippen molar-refractivity contribution < 1.29 is 8.83 Å². The third-order valence-corrected chi connectivity index (χ3v) is 2.63. The summed E-state index contributed by atoms with van der Waals surface area (Å²) in [7, 11) is 0. The Bertz CT molecular complexity index is 667. The number of benzene rings is 1. The SMILES string of the molecule is CCc1ccc(-c2nc3cc(N)ccc3o2)o1. The van der Waals surface area contributed by atoms with Gasteiger partial charge in [0.2, 0.25) is 0 Å². The van der Waals surface area contributed by atoms with Gasteiger partial charge >= 0.3 is 0 Å². The van der Waals surface area contributed by atoms with Crippen LogP contribution >= 0.6 is 0 Å². The molecule has 0 atom stereocenters. The van der Waals surface area contributed by atoms with E-state index in [1.165, 1.54) is 0 Å². The third-order valence-electron chi connectivity index (χ3n) is 2.63. The molecule has 0 saturated heterocycles. The van der Waals surface area contributed by atoms with Gasteiger partial charge in [-0.25, -0.2) is 4.98 Å². The Morgan fingerprint density at radius 2 is 2.06 bits per heavy atom. The average Bonchev–Trinajstić information content (AvgIpc) is 2.93. The van der Waals surface area contributed by atoms with E-state index in [1.807, 2.05) is 25.1 Å². The summed E-state index contributed by atoms with van der Waals surface area (Å²) in [5, 5.41) is 0. The molecule has 0 aliphatic rings. The average molecular weight is 228 g/mol. The van der Waals surface area contributed by atoms with E-state index in [2.05, 4.69) is 4.98 Å². The topological polar surface area (TPSA) is 65.2 Å². The van der Waals surface area contributed by atoms with Crippen molar-refractivity contribution in [1.29, 1.82) is 0 Å². The van der Waals surface area contributed by atoms with Crippen LogP contribution in [-0.4, -0.2) is 4.98 Å². The van der Waals surface area contributed by atoms with Gasteiger partial charge in [0.15, 0.2) is 11.3 Å². The zero-order chi connectivity index (χ0) is 11.8. The van der Waals surface area contributed by atoms with Crippen LogP contribution < -0.4 is 5.73 Å². The summed E-state index contributed by atoms with van der Waals surface area (Å²) in [5.74, 6) is 2.06. The second kappa shape index (κ2) is 3.66. The first-order valence-corrected chi connectivity index (χ1v) is 5.51. The first-order chi connectivity index (χ1) is 8.26. The summed E-state index contributed by atoms with van der Waals surface area (Å²) >= 11 is 0. The summed E-state index contributed by atoms with van der Waals surface area (Å²) in [5.41, 5.74) is 7.82. The predicted octanol–water partition coefficient (Wildman–Crippen LogP) is 3.23. The molecule has 0 bridgehead atoms. The smallest absolute Gasteiger partial charge is 0.263 e. The Morgan fingerprint density at radius 3 is 2.82 bits per heavy atom. The highest BCUT2D eigenvalue weighted by Gasteiger charge is 2.11. The highest BCUT2D eigenvalue weighted by molar-refractivity contribution is 5.78. The normalized spacial score (nSPS) is 11.1. The fraction of sp³-hybridized carbons (Fsp3) is 0.154. The fourth-order valence-electron chi connectivity index (χ4n) is 1.73. The second-order valence-electron chi connectivity index (χ2n) is 3.87. The Kier molecular flexibility index (Phi) is 2.14. The summed E-state index contributed by atoms with van der Waals surface area (Å²) < 4.78 is 11.2. The van der Waals surface area contributed by atoms with Crippen LogP contribution in [0.1, 0.15) is 12.7 Å². The summed E-state index contributed by atoms with van der Waals surface area (Å²) in [6.45, 7) is 2.04. The molecule has 0 unspecified atom stereocenters. The van der Waals surface area contributed by atoms with Crippen LogP contribution in [0.4, 0.5) is 5.69 Å². The minimum Gasteiger partial charge on any atom is -0.456 e. The molecule has 0 fully saturated rings.